The van der Waals surface area contributed by atoms with E-state index in [1.54, 1.807) is 11.8 Å². The molecule has 2 aliphatic rings. The molecule has 0 radical (unpaired) electrons. The van der Waals surface area contributed by atoms with E-state index < -0.39 is 11.4 Å². The number of nitrogens with one attached hydrogen (secondary N) is 1. The number of nitrogens with zero attached hydrogens (tertiary/aromatic N) is 1. The standard InChI is InChI=1S/C19H26N2O5/c1-4-5-14-15(12(3)22)11(2)20-16(14)17(23)21-8-13-9-26-7-6-19(13,10-21)18(24)25/h13,20H,4-10H2,1-3H3,(H,24,25)/t13-,19+/m0/s1. The molecule has 3 rings (SSSR count). The van der Waals surface area contributed by atoms with E-state index in [0.29, 0.717) is 49.6 Å². The molecule has 1 amide bonds. The monoisotopic (exact) mass is 362 g/mol. The Labute approximate surface area is 152 Å². The van der Waals surface area contributed by atoms with Crippen molar-refractivity contribution in [1.82, 2.24) is 9.88 Å². The van der Waals surface area contributed by atoms with Gasteiger partial charge in [0, 0.05) is 36.9 Å². The third-order valence-corrected chi connectivity index (χ3v) is 5.78. The largest absolute Gasteiger partial charge is 0.481 e. The minimum Gasteiger partial charge on any atom is -0.481 e. The Bertz CT molecular complexity index is 753. The molecule has 2 fully saturated rings. The minimum atomic E-state index is -0.927. The summed E-state index contributed by atoms with van der Waals surface area (Å²) in [6.45, 7) is 6.62. The molecule has 0 spiro atoms. The molecular formula is C19H26N2O5. The highest BCUT2D eigenvalue weighted by Gasteiger charge is 2.55. The van der Waals surface area contributed by atoms with Gasteiger partial charge in [-0.2, -0.15) is 0 Å². The molecule has 142 valence electrons. The van der Waals surface area contributed by atoms with Crippen LogP contribution in [0.2, 0.25) is 0 Å². The van der Waals surface area contributed by atoms with Crippen molar-refractivity contribution in [1.29, 1.82) is 0 Å². The number of Topliss-reactive ketones (excluding diaryl/α,β-unsaturated/α-hetero) is 1. The first-order valence-corrected chi connectivity index (χ1v) is 9.14. The SMILES string of the molecule is CCCc1c(C(=O)N2C[C@H]3COCC[C@@]3(C(=O)O)C2)[nH]c(C)c1C(C)=O. The van der Waals surface area contributed by atoms with E-state index in [9.17, 15) is 19.5 Å². The van der Waals surface area contributed by atoms with Crippen molar-refractivity contribution < 1.29 is 24.2 Å². The summed E-state index contributed by atoms with van der Waals surface area (Å²) in [6.07, 6.45) is 1.86. The number of likely N-dealkylation sites (tertiary alicyclic amines) is 1. The highest BCUT2D eigenvalue weighted by Crippen LogP contribution is 2.43. The number of fused-ring (bicyclic) bond motifs is 1. The average molecular weight is 362 g/mol. The molecule has 2 aliphatic heterocycles. The van der Waals surface area contributed by atoms with Gasteiger partial charge in [0.2, 0.25) is 0 Å². The van der Waals surface area contributed by atoms with Crippen LogP contribution in [0.5, 0.6) is 0 Å². The summed E-state index contributed by atoms with van der Waals surface area (Å²) in [5.74, 6) is -1.34. The van der Waals surface area contributed by atoms with Gasteiger partial charge in [0.05, 0.1) is 12.0 Å². The van der Waals surface area contributed by atoms with Crippen molar-refractivity contribution in [3.63, 3.8) is 0 Å². The Morgan fingerprint density at radius 3 is 2.69 bits per heavy atom. The molecule has 7 heteroatoms. The lowest BCUT2D eigenvalue weighted by molar-refractivity contribution is -0.157. The third-order valence-electron chi connectivity index (χ3n) is 5.78. The normalized spacial score (nSPS) is 25.2. The van der Waals surface area contributed by atoms with Gasteiger partial charge >= 0.3 is 5.97 Å². The molecule has 3 heterocycles. The van der Waals surface area contributed by atoms with Gasteiger partial charge in [-0.1, -0.05) is 13.3 Å². The topological polar surface area (TPSA) is 99.7 Å². The number of carboxylic acid groups (broad SMARTS) is 1. The quantitative estimate of drug-likeness (QED) is 0.781. The predicted octanol–water partition coefficient (Wildman–Crippen LogP) is 2.04. The molecule has 2 atom stereocenters. The van der Waals surface area contributed by atoms with Gasteiger partial charge in [-0.05, 0) is 32.3 Å². The van der Waals surface area contributed by atoms with Crippen molar-refractivity contribution in [3.05, 3.63) is 22.5 Å². The first kappa shape index (κ1) is 18.6. The summed E-state index contributed by atoms with van der Waals surface area (Å²) < 4.78 is 5.46. The Balaban J connectivity index is 1.94. The van der Waals surface area contributed by atoms with Crippen LogP contribution < -0.4 is 0 Å². The summed E-state index contributed by atoms with van der Waals surface area (Å²) >= 11 is 0. The van der Waals surface area contributed by atoms with E-state index in [1.807, 2.05) is 6.92 Å². The number of ether oxygens (including phenoxy) is 1. The lowest BCUT2D eigenvalue weighted by Gasteiger charge is -2.33. The Kier molecular flexibility index (Phi) is 4.92. The van der Waals surface area contributed by atoms with Crippen molar-refractivity contribution >= 4 is 17.7 Å². The van der Waals surface area contributed by atoms with Crippen LogP contribution in [0.25, 0.3) is 0 Å². The molecule has 0 bridgehead atoms. The molecule has 0 unspecified atom stereocenters. The van der Waals surface area contributed by atoms with Gasteiger partial charge in [-0.25, -0.2) is 0 Å². The van der Waals surface area contributed by atoms with Crippen molar-refractivity contribution in [2.75, 3.05) is 26.3 Å². The van der Waals surface area contributed by atoms with Crippen LogP contribution in [0.1, 0.15) is 58.8 Å². The Morgan fingerprint density at radius 1 is 1.38 bits per heavy atom. The van der Waals surface area contributed by atoms with E-state index >= 15 is 0 Å². The molecule has 7 nitrogen and oxygen atoms in total. The maximum absolute atomic E-state index is 13.2. The maximum atomic E-state index is 13.2. The molecule has 1 aromatic rings. The lowest BCUT2D eigenvalue weighted by atomic mass is 9.74. The van der Waals surface area contributed by atoms with Crippen LogP contribution in [0, 0.1) is 18.3 Å². The predicted molar refractivity (Wildman–Crippen MR) is 94.4 cm³/mol. The number of rotatable bonds is 5. The third kappa shape index (κ3) is 2.84. The molecule has 26 heavy (non-hydrogen) atoms. The van der Waals surface area contributed by atoms with E-state index in [-0.39, 0.29) is 24.2 Å². The minimum absolute atomic E-state index is 0.0632. The number of aliphatic carboxylic acids is 1. The fourth-order valence-corrected chi connectivity index (χ4v) is 4.45. The van der Waals surface area contributed by atoms with Gasteiger partial charge in [-0.15, -0.1) is 0 Å². The number of aromatic nitrogens is 1. The molecule has 0 saturated carbocycles. The number of carbonyl (C=O) groups is 3. The number of carboxylic acids is 1. The second kappa shape index (κ2) is 6.87. The van der Waals surface area contributed by atoms with Crippen LogP contribution in [0.4, 0.5) is 0 Å². The number of amides is 1. The molecular weight excluding hydrogens is 336 g/mol. The van der Waals surface area contributed by atoms with Crippen molar-refractivity contribution in [2.24, 2.45) is 11.3 Å². The number of aromatic amines is 1. The Hall–Kier alpha value is -2.15. The van der Waals surface area contributed by atoms with Crippen LogP contribution >= 0.6 is 0 Å². The van der Waals surface area contributed by atoms with Crippen molar-refractivity contribution in [3.8, 4) is 0 Å². The number of hydrogen-bond acceptors (Lipinski definition) is 4. The summed E-state index contributed by atoms with van der Waals surface area (Å²) in [5, 5.41) is 9.78. The number of aryl methyl sites for hydroxylation is 1. The highest BCUT2D eigenvalue weighted by molar-refractivity contribution is 6.03. The van der Waals surface area contributed by atoms with E-state index in [0.717, 1.165) is 12.0 Å². The molecule has 0 aromatic carbocycles. The zero-order valence-corrected chi connectivity index (χ0v) is 15.6. The number of hydrogen-bond donors (Lipinski definition) is 2. The number of H-pyrrole nitrogens is 1. The first-order valence-electron chi connectivity index (χ1n) is 9.14. The van der Waals surface area contributed by atoms with Gasteiger partial charge in [-0.3, -0.25) is 14.4 Å². The fourth-order valence-electron chi connectivity index (χ4n) is 4.45. The fraction of sp³-hybridized carbons (Fsp3) is 0.632. The van der Waals surface area contributed by atoms with Crippen molar-refractivity contribution in [2.45, 2.75) is 40.0 Å². The summed E-state index contributed by atoms with van der Waals surface area (Å²) in [6, 6.07) is 0. The van der Waals surface area contributed by atoms with Gasteiger partial charge in [0.15, 0.2) is 5.78 Å². The van der Waals surface area contributed by atoms with Crippen LogP contribution in [-0.2, 0) is 16.0 Å². The zero-order valence-electron chi connectivity index (χ0n) is 15.6. The number of ketones is 1. The van der Waals surface area contributed by atoms with Gasteiger partial charge < -0.3 is 19.7 Å². The lowest BCUT2D eigenvalue weighted by Crippen LogP contribution is -2.45. The molecule has 1 aromatic heterocycles. The van der Waals surface area contributed by atoms with E-state index in [4.69, 9.17) is 4.74 Å². The molecule has 2 saturated heterocycles. The summed E-state index contributed by atoms with van der Waals surface area (Å²) in [7, 11) is 0. The summed E-state index contributed by atoms with van der Waals surface area (Å²) in [5.41, 5.74) is 1.53. The second-order valence-corrected chi connectivity index (χ2v) is 7.45. The van der Waals surface area contributed by atoms with Crippen LogP contribution in [-0.4, -0.2) is 59.0 Å². The smallest absolute Gasteiger partial charge is 0.311 e. The zero-order chi connectivity index (χ0) is 19.1. The Morgan fingerprint density at radius 2 is 2.12 bits per heavy atom. The van der Waals surface area contributed by atoms with Crippen LogP contribution in [0.3, 0.4) is 0 Å². The first-order chi connectivity index (χ1) is 12.3. The van der Waals surface area contributed by atoms with Gasteiger partial charge in [0.1, 0.15) is 5.69 Å². The summed E-state index contributed by atoms with van der Waals surface area (Å²) in [4.78, 5) is 41.8. The number of carbonyl (C=O) groups excluding carboxylic acids is 2. The van der Waals surface area contributed by atoms with Gasteiger partial charge in [0.25, 0.3) is 5.91 Å². The second-order valence-electron chi connectivity index (χ2n) is 7.45. The highest BCUT2D eigenvalue weighted by atomic mass is 16.5. The van der Waals surface area contributed by atoms with E-state index in [1.165, 1.54) is 6.92 Å². The van der Waals surface area contributed by atoms with Crippen LogP contribution in [0.15, 0.2) is 0 Å². The van der Waals surface area contributed by atoms with E-state index in [2.05, 4.69) is 4.98 Å². The average Bonchev–Trinajstić information content (AvgIpc) is 3.13. The molecule has 2 N–H and O–H groups in total. The molecule has 0 aliphatic carbocycles. The maximum Gasteiger partial charge on any atom is 0.311 e.